The molecule has 0 radical (unpaired) electrons. The van der Waals surface area contributed by atoms with E-state index in [0.717, 1.165) is 0 Å². The predicted octanol–water partition coefficient (Wildman–Crippen LogP) is 2.50. The Morgan fingerprint density at radius 2 is 1.81 bits per heavy atom. The largest absolute Gasteiger partial charge is 0.343 e. The molecule has 0 heterocycles. The molecule has 4 nitrogen and oxygen atoms in total. The summed E-state index contributed by atoms with van der Waals surface area (Å²) in [5, 5.41) is 5.15. The maximum absolute atomic E-state index is 13.0. The van der Waals surface area contributed by atoms with E-state index in [9.17, 15) is 14.0 Å². The van der Waals surface area contributed by atoms with E-state index in [1.165, 1.54) is 18.2 Å². The molecular weight excluding hydrogens is 271 g/mol. The molecule has 0 spiro atoms. The average molecular weight is 286 g/mol. The summed E-state index contributed by atoms with van der Waals surface area (Å²) in [6.07, 6.45) is 0. The van der Waals surface area contributed by atoms with E-state index in [0.29, 0.717) is 16.8 Å². The normalized spacial score (nSPS) is 10.0. The zero-order valence-corrected chi connectivity index (χ0v) is 11.5. The molecule has 108 valence electrons. The number of carbonyl (C=O) groups excluding carboxylic acids is 2. The Bertz CT molecular complexity index is 657. The van der Waals surface area contributed by atoms with Crippen molar-refractivity contribution in [2.45, 2.75) is 6.92 Å². The van der Waals surface area contributed by atoms with Gasteiger partial charge in [-0.3, -0.25) is 9.59 Å². The molecule has 0 aliphatic rings. The first-order valence-electron chi connectivity index (χ1n) is 6.45. The van der Waals surface area contributed by atoms with Crippen molar-refractivity contribution in [3.63, 3.8) is 0 Å². The van der Waals surface area contributed by atoms with E-state index in [-0.39, 0.29) is 24.2 Å². The fraction of sp³-hybridized carbons (Fsp3) is 0.125. The lowest BCUT2D eigenvalue weighted by atomic mass is 10.2. The number of carbonyl (C=O) groups is 2. The highest BCUT2D eigenvalue weighted by atomic mass is 19.1. The zero-order chi connectivity index (χ0) is 15.2. The van der Waals surface area contributed by atoms with Crippen LogP contribution in [0, 0.1) is 12.7 Å². The van der Waals surface area contributed by atoms with Gasteiger partial charge >= 0.3 is 0 Å². The minimum atomic E-state index is -0.367. The van der Waals surface area contributed by atoms with Gasteiger partial charge < -0.3 is 10.6 Å². The van der Waals surface area contributed by atoms with Crippen molar-refractivity contribution in [2.75, 3.05) is 11.9 Å². The van der Waals surface area contributed by atoms with E-state index >= 15 is 0 Å². The van der Waals surface area contributed by atoms with Crippen molar-refractivity contribution in [3.8, 4) is 0 Å². The van der Waals surface area contributed by atoms with Crippen molar-refractivity contribution < 1.29 is 14.0 Å². The summed E-state index contributed by atoms with van der Waals surface area (Å²) in [6.45, 7) is 1.55. The third-order valence-corrected chi connectivity index (χ3v) is 2.91. The van der Waals surface area contributed by atoms with E-state index in [4.69, 9.17) is 0 Å². The Hall–Kier alpha value is -2.69. The van der Waals surface area contributed by atoms with Crippen LogP contribution in [0.1, 0.15) is 15.9 Å². The number of aryl methyl sites for hydroxylation is 1. The molecule has 0 saturated carbocycles. The molecule has 0 aliphatic carbocycles. The fourth-order valence-corrected chi connectivity index (χ4v) is 1.81. The van der Waals surface area contributed by atoms with Crippen LogP contribution in [0.3, 0.4) is 0 Å². The van der Waals surface area contributed by atoms with Gasteiger partial charge in [-0.2, -0.15) is 0 Å². The number of rotatable bonds is 4. The molecule has 2 aromatic carbocycles. The maximum atomic E-state index is 13.0. The Labute approximate surface area is 122 Å². The van der Waals surface area contributed by atoms with Crippen LogP contribution in [0.2, 0.25) is 0 Å². The maximum Gasteiger partial charge on any atom is 0.251 e. The molecule has 0 atom stereocenters. The number of hydrogen-bond donors (Lipinski definition) is 2. The first-order chi connectivity index (χ1) is 10.1. The molecule has 5 heteroatoms. The van der Waals surface area contributed by atoms with Gasteiger partial charge in [0.25, 0.3) is 5.91 Å². The Morgan fingerprint density at radius 1 is 1.10 bits per heavy atom. The van der Waals surface area contributed by atoms with E-state index in [1.807, 2.05) is 0 Å². The Balaban J connectivity index is 1.89. The van der Waals surface area contributed by atoms with E-state index < -0.39 is 0 Å². The lowest BCUT2D eigenvalue weighted by Gasteiger charge is -2.09. The lowest BCUT2D eigenvalue weighted by molar-refractivity contribution is -0.115. The molecule has 2 rings (SSSR count). The average Bonchev–Trinajstić information content (AvgIpc) is 2.48. The molecule has 0 fully saturated rings. The Morgan fingerprint density at radius 3 is 2.48 bits per heavy atom. The molecular formula is C16H15FN2O2. The third-order valence-electron chi connectivity index (χ3n) is 2.91. The molecule has 0 aliphatic heterocycles. The fourth-order valence-electron chi connectivity index (χ4n) is 1.81. The molecule has 2 N–H and O–H groups in total. The summed E-state index contributed by atoms with van der Waals surface area (Å²) in [5.41, 5.74) is 1.64. The zero-order valence-electron chi connectivity index (χ0n) is 11.5. The van der Waals surface area contributed by atoms with Crippen molar-refractivity contribution in [3.05, 3.63) is 65.5 Å². The standard InChI is InChI=1S/C16H15FN2O2/c1-11-9-13(17)7-8-14(11)19-15(20)10-18-16(21)12-5-3-2-4-6-12/h2-9H,10H2,1H3,(H,18,21)(H,19,20). The molecule has 0 bridgehead atoms. The van der Waals surface area contributed by atoms with E-state index in [1.54, 1.807) is 37.3 Å². The van der Waals surface area contributed by atoms with Gasteiger partial charge in [0, 0.05) is 11.3 Å². The first kappa shape index (κ1) is 14.7. The highest BCUT2D eigenvalue weighted by molar-refractivity contribution is 5.99. The summed E-state index contributed by atoms with van der Waals surface area (Å²) in [5.74, 6) is -1.04. The minimum Gasteiger partial charge on any atom is -0.343 e. The highest BCUT2D eigenvalue weighted by Gasteiger charge is 2.09. The monoisotopic (exact) mass is 286 g/mol. The third kappa shape index (κ3) is 4.14. The van der Waals surface area contributed by atoms with Crippen LogP contribution >= 0.6 is 0 Å². The van der Waals surface area contributed by atoms with Gasteiger partial charge in [-0.25, -0.2) is 4.39 Å². The van der Waals surface area contributed by atoms with Crippen LogP contribution in [0.15, 0.2) is 48.5 Å². The van der Waals surface area contributed by atoms with Crippen LogP contribution in [-0.4, -0.2) is 18.4 Å². The number of anilines is 1. The van der Waals surface area contributed by atoms with Crippen molar-refractivity contribution >= 4 is 17.5 Å². The summed E-state index contributed by atoms with van der Waals surface area (Å²) < 4.78 is 13.0. The number of halogens is 1. The second kappa shape index (κ2) is 6.65. The van der Waals surface area contributed by atoms with Gasteiger partial charge in [0.05, 0.1) is 6.54 Å². The molecule has 2 amide bonds. The van der Waals surface area contributed by atoms with Gasteiger partial charge in [-0.05, 0) is 42.8 Å². The number of amides is 2. The van der Waals surface area contributed by atoms with Gasteiger partial charge in [-0.1, -0.05) is 18.2 Å². The minimum absolute atomic E-state index is 0.148. The van der Waals surface area contributed by atoms with Crippen LogP contribution in [-0.2, 0) is 4.79 Å². The van der Waals surface area contributed by atoms with Gasteiger partial charge in [-0.15, -0.1) is 0 Å². The first-order valence-corrected chi connectivity index (χ1v) is 6.45. The summed E-state index contributed by atoms with van der Waals surface area (Å²) in [4.78, 5) is 23.5. The SMILES string of the molecule is Cc1cc(F)ccc1NC(=O)CNC(=O)c1ccccc1. The smallest absolute Gasteiger partial charge is 0.251 e. The van der Waals surface area contributed by atoms with Crippen LogP contribution in [0.25, 0.3) is 0 Å². The predicted molar refractivity (Wildman–Crippen MR) is 78.5 cm³/mol. The van der Waals surface area contributed by atoms with E-state index in [2.05, 4.69) is 10.6 Å². The topological polar surface area (TPSA) is 58.2 Å². The summed E-state index contributed by atoms with van der Waals surface area (Å²) in [7, 11) is 0. The number of benzene rings is 2. The number of hydrogen-bond acceptors (Lipinski definition) is 2. The van der Waals surface area contributed by atoms with Crippen LogP contribution in [0.4, 0.5) is 10.1 Å². The van der Waals surface area contributed by atoms with Gasteiger partial charge in [0.15, 0.2) is 0 Å². The number of nitrogens with one attached hydrogen (secondary N) is 2. The molecule has 0 aromatic heterocycles. The lowest BCUT2D eigenvalue weighted by Crippen LogP contribution is -2.32. The Kier molecular flexibility index (Phi) is 4.66. The van der Waals surface area contributed by atoms with Crippen molar-refractivity contribution in [2.24, 2.45) is 0 Å². The quantitative estimate of drug-likeness (QED) is 0.907. The second-order valence-corrected chi connectivity index (χ2v) is 4.56. The van der Waals surface area contributed by atoms with Crippen LogP contribution in [0.5, 0.6) is 0 Å². The molecule has 0 saturated heterocycles. The molecule has 0 unspecified atom stereocenters. The molecule has 2 aromatic rings. The van der Waals surface area contributed by atoms with Crippen molar-refractivity contribution in [1.82, 2.24) is 5.32 Å². The second-order valence-electron chi connectivity index (χ2n) is 4.56. The summed E-state index contributed by atoms with van der Waals surface area (Å²) >= 11 is 0. The van der Waals surface area contributed by atoms with Crippen LogP contribution < -0.4 is 10.6 Å². The van der Waals surface area contributed by atoms with Gasteiger partial charge in [0.1, 0.15) is 5.82 Å². The summed E-state index contributed by atoms with van der Waals surface area (Å²) in [6, 6.07) is 12.7. The van der Waals surface area contributed by atoms with Crippen molar-refractivity contribution in [1.29, 1.82) is 0 Å². The van der Waals surface area contributed by atoms with Gasteiger partial charge in [0.2, 0.25) is 5.91 Å². The molecule has 21 heavy (non-hydrogen) atoms. The highest BCUT2D eigenvalue weighted by Crippen LogP contribution is 2.15.